The molecule has 0 aromatic rings. The number of nitrogens with zero attached hydrogens (tertiary/aromatic N) is 1. The van der Waals surface area contributed by atoms with E-state index in [-0.39, 0.29) is 96.0 Å². The maximum Gasteiger partial charge on any atom is 3.00 e. The van der Waals surface area contributed by atoms with E-state index in [1.54, 1.807) is 0 Å². The van der Waals surface area contributed by atoms with Gasteiger partial charge in [0.15, 0.2) is 0 Å². The summed E-state index contributed by atoms with van der Waals surface area (Å²) in [5.74, 6) is -4.37. The monoisotopic (exact) mass is 461 g/mol. The molecule has 0 aliphatic carbocycles. The Morgan fingerprint density at radius 2 is 0.810 bits per heavy atom. The first-order valence-electron chi connectivity index (χ1n) is 1.43. The van der Waals surface area contributed by atoms with Crippen LogP contribution in [0.2, 0.25) is 0 Å². The van der Waals surface area contributed by atoms with E-state index < -0.39 is 11.9 Å². The molecule has 0 aliphatic rings. The van der Waals surface area contributed by atoms with Crippen molar-refractivity contribution in [3.63, 3.8) is 0 Å². The minimum absolute atomic E-state index is 0. The molecule has 0 aromatic heterocycles. The van der Waals surface area contributed by atoms with Crippen molar-refractivity contribution >= 4 is 11.9 Å². The van der Waals surface area contributed by atoms with Crippen LogP contribution in [0.1, 0.15) is 0 Å². The van der Waals surface area contributed by atoms with Crippen molar-refractivity contribution in [2.24, 2.45) is 5.34 Å². The molecule has 0 unspecified atom stereocenters. The molecule has 0 amide bonds. The van der Waals surface area contributed by atoms with E-state index >= 15 is 0 Å². The third kappa shape index (κ3) is 572. The molecule has 0 aromatic carbocycles. The zero-order valence-corrected chi connectivity index (χ0v) is 13.5. The standard InChI is InChI=1S/C2H2O4.Co.Mo.HNO2.5H3N.2H2O.3O/c3-1(4)2(5)6;;;2-1-3;;;;;;;;;;/h(H,3,4)(H,5,6);;;(H,2,3);5*1H3;2*1H2;;;/q;+3;;;;;;;;;;3*-2/p-2. The van der Waals surface area contributed by atoms with E-state index in [0.29, 0.717) is 0 Å². The van der Waals surface area contributed by atoms with Crippen molar-refractivity contribution in [2.75, 3.05) is 0 Å². The second-order valence-electron chi connectivity index (χ2n) is 0.649. The summed E-state index contributed by atoms with van der Waals surface area (Å²) in [6.07, 6.45) is 0. The molecule has 0 heterocycles. The molecular weight excluding hydrogens is 439 g/mol. The number of rotatable bonds is 0. The first-order valence-corrected chi connectivity index (χ1v) is 1.43. The fraction of sp³-hybridized carbons (Fsp3) is 0. The quantitative estimate of drug-likeness (QED) is 0.0754. The third-order valence-electron chi connectivity index (χ3n) is 0.167. The molecule has 0 saturated heterocycles. The van der Waals surface area contributed by atoms with Gasteiger partial charge in [0, 0.05) is 21.1 Å². The maximum atomic E-state index is 8.93. The molecule has 17 nitrogen and oxygen atoms in total. The Bertz CT molecular complexity index is 132. The van der Waals surface area contributed by atoms with Crippen LogP contribution in [0.5, 0.6) is 0 Å². The van der Waals surface area contributed by atoms with Crippen LogP contribution >= 0.6 is 0 Å². The Morgan fingerprint density at radius 1 is 0.762 bits per heavy atom. The van der Waals surface area contributed by atoms with Gasteiger partial charge in [0.2, 0.25) is 0 Å². The van der Waals surface area contributed by atoms with E-state index in [9.17, 15) is 0 Å². The predicted octanol–water partition coefficient (Wildman–Crippen LogP) is -4.56. The van der Waals surface area contributed by atoms with Gasteiger partial charge in [-0.25, -0.2) is 0 Å². The fourth-order valence-corrected chi connectivity index (χ4v) is 0. The molecule has 0 fully saturated rings. The van der Waals surface area contributed by atoms with Crippen LogP contribution in [0.4, 0.5) is 0 Å². The largest absolute Gasteiger partial charge is 3.00 e. The van der Waals surface area contributed by atoms with Crippen LogP contribution in [0, 0.1) is 10.1 Å². The van der Waals surface area contributed by atoms with Crippen LogP contribution in [0.25, 0.3) is 0 Å². The number of carbonyl (C=O) groups is 2. The Kier molecular flexibility index (Phi) is 1560. The van der Waals surface area contributed by atoms with Crippen molar-refractivity contribution < 1.29 is 85.0 Å². The van der Waals surface area contributed by atoms with Gasteiger partial charge in [0.05, 0.1) is 11.9 Å². The first-order chi connectivity index (χ1) is 4.06. The first kappa shape index (κ1) is 196. The molecule has 0 radical (unpaired) electrons. The Morgan fingerprint density at radius 3 is 0.810 bits per heavy atom. The number of carbonyl (C=O) groups excluding carboxylic acids is 2. The van der Waals surface area contributed by atoms with Gasteiger partial charge in [-0.05, 0) is 0 Å². The molecule has 20 N–H and O–H groups in total. The number of aliphatic carboxylic acids is 2. The summed E-state index contributed by atoms with van der Waals surface area (Å²) in [6, 6.07) is 0. The number of carboxylic acids is 2. The summed E-state index contributed by atoms with van der Waals surface area (Å²) >= 11 is 0. The van der Waals surface area contributed by atoms with Gasteiger partial charge >= 0.3 is 16.8 Å². The van der Waals surface area contributed by atoms with E-state index in [1.165, 1.54) is 0 Å². The fourth-order valence-electron chi connectivity index (χ4n) is 0. The Labute approximate surface area is 143 Å². The van der Waals surface area contributed by atoms with Gasteiger partial charge in [0.1, 0.15) is 0 Å². The predicted molar refractivity (Wildman–Crippen MR) is 54.8 cm³/mol. The normalized spacial score (nSPS) is 2.67. The Hall–Kier alpha value is -0.865. The van der Waals surface area contributed by atoms with Crippen molar-refractivity contribution in [3.8, 4) is 0 Å². The molecule has 0 rings (SSSR count). The van der Waals surface area contributed by atoms with Crippen LogP contribution in [0.15, 0.2) is 5.34 Å². The average Bonchev–Trinajstić information content (AvgIpc) is 1.68. The topological polar surface area (TPSA) is 458 Å². The molecular formula is C2H20CoMoN6O11-5. The van der Waals surface area contributed by atoms with Gasteiger partial charge in [0.25, 0.3) is 0 Å². The molecule has 144 valence electrons. The number of carboxylic acid groups (broad SMARTS) is 2. The summed E-state index contributed by atoms with van der Waals surface area (Å²) in [5.41, 5.74) is 0. The van der Waals surface area contributed by atoms with Crippen molar-refractivity contribution in [1.82, 2.24) is 30.8 Å². The SMILES string of the molecule is N.N.N.N.N.O.O=C([O-])C(=O)[O-].O=N[O-].[Co+3].[Mo].[O-2].[O-2].[O-2].[OH3+]. The van der Waals surface area contributed by atoms with Crippen LogP contribution in [-0.2, 0) is 69.3 Å². The molecule has 19 heteroatoms. The Balaban J connectivity index is -0.00000000259. The van der Waals surface area contributed by atoms with Crippen LogP contribution < -0.4 is 41.0 Å². The van der Waals surface area contributed by atoms with Gasteiger partial charge in [-0.2, -0.15) is 0 Å². The summed E-state index contributed by atoms with van der Waals surface area (Å²) in [7, 11) is 0. The van der Waals surface area contributed by atoms with E-state index in [2.05, 4.69) is 0 Å². The van der Waals surface area contributed by atoms with Gasteiger partial charge < -0.3 is 88.1 Å². The minimum atomic E-state index is -2.19. The minimum Gasteiger partial charge on any atom is -2.00 e. The van der Waals surface area contributed by atoms with Crippen molar-refractivity contribution in [3.05, 3.63) is 10.1 Å². The number of hydrogen-bond acceptors (Lipinski definition) is 12. The van der Waals surface area contributed by atoms with Gasteiger partial charge in [-0.3, -0.25) is 0 Å². The summed E-state index contributed by atoms with van der Waals surface area (Å²) < 4.78 is 0. The zero-order valence-electron chi connectivity index (χ0n) is 10.5. The molecule has 0 aliphatic heterocycles. The number of hydrogen-bond donors (Lipinski definition) is 5. The van der Waals surface area contributed by atoms with E-state index in [1.807, 2.05) is 0 Å². The van der Waals surface area contributed by atoms with Crippen molar-refractivity contribution in [1.29, 1.82) is 0 Å². The van der Waals surface area contributed by atoms with E-state index in [4.69, 9.17) is 29.9 Å². The smallest absolute Gasteiger partial charge is 2.00 e. The summed E-state index contributed by atoms with van der Waals surface area (Å²) in [5, 5.41) is 26.9. The zero-order chi connectivity index (χ0) is 7.86. The average molecular weight is 459 g/mol. The van der Waals surface area contributed by atoms with E-state index in [0.717, 1.165) is 5.34 Å². The molecule has 0 saturated carbocycles. The molecule has 0 spiro atoms. The van der Waals surface area contributed by atoms with Crippen LogP contribution in [-0.4, -0.2) is 17.4 Å². The van der Waals surface area contributed by atoms with Crippen LogP contribution in [0.3, 0.4) is 0 Å². The molecule has 0 atom stereocenters. The molecule has 21 heavy (non-hydrogen) atoms. The summed E-state index contributed by atoms with van der Waals surface area (Å²) in [4.78, 5) is 25.9. The molecule has 0 bridgehead atoms. The summed E-state index contributed by atoms with van der Waals surface area (Å²) in [6.45, 7) is 0. The third-order valence-corrected chi connectivity index (χ3v) is 0.167. The van der Waals surface area contributed by atoms with Gasteiger partial charge in [-0.15, -0.1) is 5.34 Å². The van der Waals surface area contributed by atoms with Gasteiger partial charge in [-0.1, -0.05) is 0 Å². The maximum absolute atomic E-state index is 8.93. The second-order valence-corrected chi connectivity index (χ2v) is 0.649. The second kappa shape index (κ2) is 167. The van der Waals surface area contributed by atoms with Crippen molar-refractivity contribution in [2.45, 2.75) is 0 Å².